The molecule has 3 aromatic rings. The number of aliphatic carboxylic acids is 2. The highest BCUT2D eigenvalue weighted by atomic mass is 16.4. The van der Waals surface area contributed by atoms with Crippen molar-refractivity contribution in [1.82, 2.24) is 9.13 Å². The van der Waals surface area contributed by atoms with Crippen molar-refractivity contribution in [3.63, 3.8) is 0 Å². The highest BCUT2D eigenvalue weighted by molar-refractivity contribution is 5.84. The second-order valence-electron chi connectivity index (χ2n) is 7.13. The molecular formula is C21H22N7O6+. The lowest BCUT2D eigenvalue weighted by Gasteiger charge is -2.05. The van der Waals surface area contributed by atoms with Crippen LogP contribution in [0.2, 0.25) is 0 Å². The van der Waals surface area contributed by atoms with Crippen molar-refractivity contribution in [3.8, 4) is 0 Å². The van der Waals surface area contributed by atoms with Gasteiger partial charge in [0, 0.05) is 18.9 Å². The third-order valence-electron chi connectivity index (χ3n) is 4.72. The topological polar surface area (TPSA) is 175 Å². The summed E-state index contributed by atoms with van der Waals surface area (Å²) in [5.74, 6) is -1.90. The summed E-state index contributed by atoms with van der Waals surface area (Å²) in [5, 5.41) is 44.0. The van der Waals surface area contributed by atoms with Crippen LogP contribution in [0.25, 0.3) is 11.0 Å². The normalized spacial score (nSPS) is 12.7. The van der Waals surface area contributed by atoms with Crippen LogP contribution in [0.4, 0.5) is 4.79 Å². The van der Waals surface area contributed by atoms with Crippen LogP contribution in [-0.4, -0.2) is 54.9 Å². The molecule has 0 amide bonds. The molecule has 34 heavy (non-hydrogen) atoms. The highest BCUT2D eigenvalue weighted by Crippen LogP contribution is 2.13. The number of carboxylic acid groups (broad SMARTS) is 3. The standard InChI is InChI=1S/C21H21N7O6/c1-14(24-25-15-6-9-26(10-7-15)11-8-19(29)30)23-22-12-18(20(31)32)27-13-28(21(33)34)17-5-3-2-4-16(17)27/h2-7,9-10,13,18H,8,11-12H2,1H3,(H2-,29,30,31,32,33,34)/p+1. The Bertz CT molecular complexity index is 1330. The van der Waals surface area contributed by atoms with E-state index in [4.69, 9.17) is 5.11 Å². The second kappa shape index (κ2) is 10.8. The molecule has 0 aliphatic rings. The number of para-hydroxylation sites is 2. The molecule has 1 atom stereocenters. The molecule has 0 aliphatic heterocycles. The number of hydrogen-bond acceptors (Lipinski definition) is 6. The van der Waals surface area contributed by atoms with Crippen molar-refractivity contribution >= 4 is 34.9 Å². The number of aromatic nitrogens is 3. The number of pyridine rings is 1. The van der Waals surface area contributed by atoms with Gasteiger partial charge in [0.05, 0.1) is 11.8 Å². The number of benzene rings is 1. The third kappa shape index (κ3) is 5.97. The maximum Gasteiger partial charge on any atom is 0.509 e. The van der Waals surface area contributed by atoms with Gasteiger partial charge in [-0.25, -0.2) is 9.36 Å². The summed E-state index contributed by atoms with van der Waals surface area (Å²) in [7, 11) is 0. The van der Waals surface area contributed by atoms with E-state index in [0.29, 0.717) is 22.9 Å². The quantitative estimate of drug-likeness (QED) is 0.149. The van der Waals surface area contributed by atoms with E-state index in [-0.39, 0.29) is 18.8 Å². The molecule has 176 valence electrons. The Kier molecular flexibility index (Phi) is 7.59. The molecule has 0 fully saturated rings. The van der Waals surface area contributed by atoms with E-state index in [1.807, 2.05) is 0 Å². The van der Waals surface area contributed by atoms with E-state index in [2.05, 4.69) is 20.4 Å². The molecule has 0 saturated carbocycles. The van der Waals surface area contributed by atoms with Gasteiger partial charge in [-0.05, 0) is 31.2 Å². The van der Waals surface area contributed by atoms with Crippen LogP contribution in [0.1, 0.15) is 19.4 Å². The van der Waals surface area contributed by atoms with E-state index in [1.54, 1.807) is 60.3 Å². The average Bonchev–Trinajstić information content (AvgIpc) is 3.19. The molecule has 13 nitrogen and oxygen atoms in total. The number of carbonyl (C=O) groups is 3. The fraction of sp³-hybridized carbons (Fsp3) is 0.238. The number of fused-ring (bicyclic) bond motifs is 1. The molecule has 1 aromatic carbocycles. The molecule has 1 unspecified atom stereocenters. The van der Waals surface area contributed by atoms with Gasteiger partial charge < -0.3 is 19.9 Å². The number of imidazole rings is 1. The van der Waals surface area contributed by atoms with E-state index in [9.17, 15) is 24.6 Å². The molecule has 3 N–H and O–H groups in total. The van der Waals surface area contributed by atoms with E-state index < -0.39 is 24.1 Å². The van der Waals surface area contributed by atoms with E-state index in [1.165, 1.54) is 10.9 Å². The molecule has 0 spiro atoms. The molecule has 2 aromatic heterocycles. The Labute approximate surface area is 192 Å². The summed E-state index contributed by atoms with van der Waals surface area (Å²) in [6.45, 7) is 1.62. The Morgan fingerprint density at radius 1 is 1.06 bits per heavy atom. The van der Waals surface area contributed by atoms with Crippen LogP contribution < -0.4 is 9.92 Å². The smallest absolute Gasteiger partial charge is 0.481 e. The summed E-state index contributed by atoms with van der Waals surface area (Å²) in [6, 6.07) is 8.67. The van der Waals surface area contributed by atoms with Crippen molar-refractivity contribution < 1.29 is 34.3 Å². The highest BCUT2D eigenvalue weighted by Gasteiger charge is 2.30. The Morgan fingerprint density at radius 3 is 2.41 bits per heavy atom. The molecule has 0 saturated heterocycles. The largest absolute Gasteiger partial charge is 0.509 e. The third-order valence-corrected chi connectivity index (χ3v) is 4.72. The summed E-state index contributed by atoms with van der Waals surface area (Å²) in [5.41, 5.74) is 0.777. The first-order chi connectivity index (χ1) is 16.3. The average molecular weight is 468 g/mol. The fourth-order valence-corrected chi connectivity index (χ4v) is 3.08. The number of carboxylic acids is 2. The molecule has 13 heteroatoms. The van der Waals surface area contributed by atoms with Gasteiger partial charge in [0.1, 0.15) is 6.54 Å². The molecule has 0 radical (unpaired) electrons. The van der Waals surface area contributed by atoms with Gasteiger partial charge in [0.25, 0.3) is 6.33 Å². The van der Waals surface area contributed by atoms with Crippen molar-refractivity contribution in [1.29, 1.82) is 0 Å². The molecule has 0 aliphatic carbocycles. The number of amidine groups is 1. The minimum absolute atomic E-state index is 0.00521. The lowest BCUT2D eigenvalue weighted by molar-refractivity contribution is -0.683. The van der Waals surface area contributed by atoms with Gasteiger partial charge >= 0.3 is 18.0 Å². The van der Waals surface area contributed by atoms with Crippen LogP contribution in [-0.2, 0) is 16.1 Å². The first-order valence-electron chi connectivity index (χ1n) is 10.1. The number of nitrogens with zero attached hydrogens (tertiary/aromatic N) is 7. The van der Waals surface area contributed by atoms with E-state index in [0.717, 1.165) is 4.57 Å². The summed E-state index contributed by atoms with van der Waals surface area (Å²) >= 11 is 0. The summed E-state index contributed by atoms with van der Waals surface area (Å²) in [4.78, 5) is 34.0. The lowest BCUT2D eigenvalue weighted by atomic mass is 10.2. The van der Waals surface area contributed by atoms with Crippen LogP contribution in [0.15, 0.2) is 75.6 Å². The van der Waals surface area contributed by atoms with E-state index >= 15 is 0 Å². The zero-order chi connectivity index (χ0) is 24.7. The van der Waals surface area contributed by atoms with Crippen LogP contribution in [0.3, 0.4) is 0 Å². The fourth-order valence-electron chi connectivity index (χ4n) is 3.08. The molecular weight excluding hydrogens is 446 g/mol. The number of azo groups is 1. The van der Waals surface area contributed by atoms with Gasteiger partial charge in [0.15, 0.2) is 16.9 Å². The zero-order valence-electron chi connectivity index (χ0n) is 18.1. The first kappa shape index (κ1) is 24.0. The van der Waals surface area contributed by atoms with Crippen molar-refractivity contribution in [2.75, 3.05) is 6.54 Å². The SMILES string of the molecule is CC(N=NCC(C(=O)O)[n+]1cn(C(=O)O)c2ccccc21)=NN=c1ccn(CCC(=O)O)cc1. The maximum atomic E-state index is 11.9. The van der Waals surface area contributed by atoms with Crippen LogP contribution >= 0.6 is 0 Å². The molecule has 2 heterocycles. The predicted octanol–water partition coefficient (Wildman–Crippen LogP) is 1.74. The summed E-state index contributed by atoms with van der Waals surface area (Å²) < 4.78 is 3.97. The first-order valence-corrected chi connectivity index (χ1v) is 10.1. The number of hydrogen-bond donors (Lipinski definition) is 3. The maximum absolute atomic E-state index is 11.9. The van der Waals surface area contributed by atoms with Gasteiger partial charge in [-0.15, -0.1) is 19.9 Å². The van der Waals surface area contributed by atoms with Crippen molar-refractivity contribution in [2.45, 2.75) is 25.9 Å². The zero-order valence-corrected chi connectivity index (χ0v) is 18.1. The van der Waals surface area contributed by atoms with Gasteiger partial charge in [0.2, 0.25) is 6.04 Å². The predicted molar refractivity (Wildman–Crippen MR) is 117 cm³/mol. The van der Waals surface area contributed by atoms with Crippen molar-refractivity contribution in [2.24, 2.45) is 20.4 Å². The minimum atomic E-state index is -1.24. The van der Waals surface area contributed by atoms with Gasteiger partial charge in [-0.2, -0.15) is 9.91 Å². The van der Waals surface area contributed by atoms with Crippen molar-refractivity contribution in [3.05, 3.63) is 60.5 Å². The summed E-state index contributed by atoms with van der Waals surface area (Å²) in [6.07, 6.45) is 3.33. The Hall–Kier alpha value is -4.68. The Morgan fingerprint density at radius 2 is 1.76 bits per heavy atom. The van der Waals surface area contributed by atoms with Gasteiger partial charge in [-0.3, -0.25) is 4.79 Å². The molecule has 0 bridgehead atoms. The molecule has 3 rings (SSSR count). The number of rotatable bonds is 8. The monoisotopic (exact) mass is 468 g/mol. The second-order valence-corrected chi connectivity index (χ2v) is 7.13. The number of aryl methyl sites for hydroxylation is 1. The van der Waals surface area contributed by atoms with Crippen LogP contribution in [0.5, 0.6) is 0 Å². The lowest BCUT2D eigenvalue weighted by Crippen LogP contribution is -2.45. The minimum Gasteiger partial charge on any atom is -0.481 e. The Balaban J connectivity index is 1.74. The van der Waals surface area contributed by atoms with Gasteiger partial charge in [-0.1, -0.05) is 12.1 Å². The van der Waals surface area contributed by atoms with Crippen LogP contribution in [0, 0.1) is 0 Å².